The van der Waals surface area contributed by atoms with E-state index in [4.69, 9.17) is 11.6 Å². The highest BCUT2D eigenvalue weighted by Gasteiger charge is 2.10. The molecule has 3 rings (SSSR count). The van der Waals surface area contributed by atoms with E-state index >= 15 is 0 Å². The van der Waals surface area contributed by atoms with Crippen molar-refractivity contribution in [2.24, 2.45) is 0 Å². The molecule has 0 aliphatic rings. The van der Waals surface area contributed by atoms with Crippen LogP contribution in [0.4, 0.5) is 5.82 Å². The van der Waals surface area contributed by atoms with Crippen LogP contribution in [-0.4, -0.2) is 15.9 Å². The molecule has 0 radical (unpaired) electrons. The average molecular weight is 379 g/mol. The van der Waals surface area contributed by atoms with Gasteiger partial charge in [-0.05, 0) is 58.7 Å². The van der Waals surface area contributed by atoms with Gasteiger partial charge in [-0.2, -0.15) is 0 Å². The molecular formula is C16H13BrClN3O. The van der Waals surface area contributed by atoms with Crippen molar-refractivity contribution in [3.8, 4) is 0 Å². The Hall–Kier alpha value is -1.85. The van der Waals surface area contributed by atoms with Crippen LogP contribution in [0, 0.1) is 6.92 Å². The molecular weight excluding hydrogens is 366 g/mol. The van der Waals surface area contributed by atoms with E-state index in [1.165, 1.54) is 0 Å². The van der Waals surface area contributed by atoms with Gasteiger partial charge in [-0.15, -0.1) is 0 Å². The van der Waals surface area contributed by atoms with Crippen molar-refractivity contribution in [3.05, 3.63) is 57.3 Å². The van der Waals surface area contributed by atoms with Gasteiger partial charge in [0.05, 0.1) is 12.1 Å². The summed E-state index contributed by atoms with van der Waals surface area (Å²) in [5, 5.41) is 4.42. The van der Waals surface area contributed by atoms with Crippen molar-refractivity contribution >= 4 is 50.2 Å². The highest BCUT2D eigenvalue weighted by Crippen LogP contribution is 2.23. The van der Waals surface area contributed by atoms with Crippen molar-refractivity contribution in [2.45, 2.75) is 13.3 Å². The fourth-order valence-corrected chi connectivity index (χ4v) is 2.66. The molecule has 0 spiro atoms. The molecule has 112 valence electrons. The third kappa shape index (κ3) is 3.15. The molecule has 0 aliphatic heterocycles. The van der Waals surface area contributed by atoms with Crippen LogP contribution >= 0.6 is 27.5 Å². The highest BCUT2D eigenvalue weighted by atomic mass is 79.9. The lowest BCUT2D eigenvalue weighted by Gasteiger charge is -2.06. The lowest BCUT2D eigenvalue weighted by atomic mass is 10.1. The number of aromatic nitrogens is 2. The van der Waals surface area contributed by atoms with Crippen molar-refractivity contribution in [2.75, 3.05) is 5.32 Å². The topological polar surface area (TPSA) is 57.8 Å². The second-order valence-corrected chi connectivity index (χ2v) is 6.28. The number of nitrogens with zero attached hydrogens (tertiary/aromatic N) is 1. The van der Waals surface area contributed by atoms with Gasteiger partial charge in [0, 0.05) is 26.6 Å². The van der Waals surface area contributed by atoms with Gasteiger partial charge in [0.25, 0.3) is 0 Å². The Morgan fingerprint density at radius 3 is 2.95 bits per heavy atom. The minimum atomic E-state index is -0.116. The zero-order valence-electron chi connectivity index (χ0n) is 11.8. The molecule has 3 aromatic rings. The Balaban J connectivity index is 1.78. The van der Waals surface area contributed by atoms with Gasteiger partial charge in [-0.3, -0.25) is 4.79 Å². The maximum absolute atomic E-state index is 12.2. The first-order chi connectivity index (χ1) is 10.5. The van der Waals surface area contributed by atoms with Crippen LogP contribution in [0.15, 0.2) is 41.0 Å². The molecule has 0 unspecified atom stereocenters. The maximum Gasteiger partial charge on any atom is 0.230 e. The van der Waals surface area contributed by atoms with Gasteiger partial charge in [-0.25, -0.2) is 4.98 Å². The number of carbonyl (C=O) groups excluding carboxylic acids is 1. The van der Waals surface area contributed by atoms with Gasteiger partial charge in [0.2, 0.25) is 5.91 Å². The third-order valence-corrected chi connectivity index (χ3v) is 4.44. The molecule has 4 nitrogen and oxygen atoms in total. The molecule has 0 saturated carbocycles. The second-order valence-electron chi connectivity index (χ2n) is 4.99. The van der Waals surface area contributed by atoms with Crippen LogP contribution < -0.4 is 5.32 Å². The summed E-state index contributed by atoms with van der Waals surface area (Å²) in [6.07, 6.45) is 2.10. The van der Waals surface area contributed by atoms with E-state index in [1.54, 1.807) is 6.07 Å². The monoisotopic (exact) mass is 377 g/mol. The van der Waals surface area contributed by atoms with E-state index < -0.39 is 0 Å². The molecule has 0 fully saturated rings. The molecule has 0 atom stereocenters. The molecule has 0 saturated heterocycles. The number of aromatic amines is 1. The van der Waals surface area contributed by atoms with E-state index in [1.807, 2.05) is 37.4 Å². The van der Waals surface area contributed by atoms with E-state index in [-0.39, 0.29) is 12.3 Å². The Labute approximate surface area is 141 Å². The number of halogens is 2. The molecule has 6 heteroatoms. The Morgan fingerprint density at radius 1 is 1.36 bits per heavy atom. The maximum atomic E-state index is 12.2. The number of amides is 1. The van der Waals surface area contributed by atoms with Crippen molar-refractivity contribution < 1.29 is 4.79 Å². The number of nitrogens with one attached hydrogen (secondary N) is 2. The zero-order chi connectivity index (χ0) is 15.7. The molecule has 0 aliphatic carbocycles. The van der Waals surface area contributed by atoms with Crippen molar-refractivity contribution in [3.63, 3.8) is 0 Å². The van der Waals surface area contributed by atoms with Crippen LogP contribution in [0.3, 0.4) is 0 Å². The number of hydrogen-bond acceptors (Lipinski definition) is 2. The van der Waals surface area contributed by atoms with Gasteiger partial charge in [0.15, 0.2) is 0 Å². The van der Waals surface area contributed by atoms with Crippen LogP contribution in [0.5, 0.6) is 0 Å². The first-order valence-corrected chi connectivity index (χ1v) is 7.88. The summed E-state index contributed by atoms with van der Waals surface area (Å²) in [6, 6.07) is 9.21. The second kappa shape index (κ2) is 6.10. The summed E-state index contributed by atoms with van der Waals surface area (Å²) in [5.41, 5.74) is 2.70. The summed E-state index contributed by atoms with van der Waals surface area (Å²) in [4.78, 5) is 19.6. The lowest BCUT2D eigenvalue weighted by Crippen LogP contribution is -2.15. The highest BCUT2D eigenvalue weighted by molar-refractivity contribution is 9.10. The minimum Gasteiger partial charge on any atom is -0.361 e. The number of carbonyl (C=O) groups is 1. The quantitative estimate of drug-likeness (QED) is 0.706. The van der Waals surface area contributed by atoms with Gasteiger partial charge < -0.3 is 10.3 Å². The Bertz CT molecular complexity index is 860. The third-order valence-electron chi connectivity index (χ3n) is 3.37. The Kier molecular flexibility index (Phi) is 4.18. The number of hydrogen-bond donors (Lipinski definition) is 2. The Morgan fingerprint density at radius 2 is 2.18 bits per heavy atom. The number of benzene rings is 1. The van der Waals surface area contributed by atoms with Crippen LogP contribution in [0.2, 0.25) is 5.02 Å². The molecule has 1 aromatic carbocycles. The lowest BCUT2D eigenvalue weighted by molar-refractivity contribution is -0.115. The predicted molar refractivity (Wildman–Crippen MR) is 92.3 cm³/mol. The largest absolute Gasteiger partial charge is 0.361 e. The molecule has 0 bridgehead atoms. The number of H-pyrrole nitrogens is 1. The SMILES string of the molecule is Cc1nc(NC(=O)Cc2c[nH]c3ccc(Cl)cc23)ccc1Br. The predicted octanol–water partition coefficient (Wildman–Crippen LogP) is 4.47. The van der Waals surface area contributed by atoms with Gasteiger partial charge in [0.1, 0.15) is 5.82 Å². The van der Waals surface area contributed by atoms with Crippen LogP contribution in [0.1, 0.15) is 11.3 Å². The fraction of sp³-hybridized carbons (Fsp3) is 0.125. The summed E-state index contributed by atoms with van der Waals surface area (Å²) in [5.74, 6) is 0.429. The summed E-state index contributed by atoms with van der Waals surface area (Å²) in [6.45, 7) is 1.88. The summed E-state index contributed by atoms with van der Waals surface area (Å²) < 4.78 is 0.914. The minimum absolute atomic E-state index is 0.116. The van der Waals surface area contributed by atoms with Crippen molar-refractivity contribution in [1.82, 2.24) is 9.97 Å². The van der Waals surface area contributed by atoms with Gasteiger partial charge >= 0.3 is 0 Å². The molecule has 2 aromatic heterocycles. The first kappa shape index (κ1) is 15.1. The smallest absolute Gasteiger partial charge is 0.230 e. The molecule has 1 amide bonds. The van der Waals surface area contributed by atoms with E-state index in [0.29, 0.717) is 10.8 Å². The normalized spacial score (nSPS) is 10.9. The van der Waals surface area contributed by atoms with Crippen LogP contribution in [0.25, 0.3) is 10.9 Å². The first-order valence-electron chi connectivity index (χ1n) is 6.71. The van der Waals surface area contributed by atoms with Crippen molar-refractivity contribution in [1.29, 1.82) is 0 Å². The molecule has 22 heavy (non-hydrogen) atoms. The summed E-state index contributed by atoms with van der Waals surface area (Å²) >= 11 is 9.40. The summed E-state index contributed by atoms with van der Waals surface area (Å²) in [7, 11) is 0. The molecule has 2 heterocycles. The average Bonchev–Trinajstić information content (AvgIpc) is 2.85. The van der Waals surface area contributed by atoms with E-state index in [2.05, 4.69) is 31.2 Å². The molecule has 2 N–H and O–H groups in total. The standard InChI is InChI=1S/C16H13BrClN3O/c1-9-13(17)3-5-15(20-9)21-16(22)6-10-8-19-14-4-2-11(18)7-12(10)14/h2-5,7-8,19H,6H2,1H3,(H,20,21,22). The number of rotatable bonds is 3. The number of anilines is 1. The fourth-order valence-electron chi connectivity index (χ4n) is 2.27. The number of aryl methyl sites for hydroxylation is 1. The van der Waals surface area contributed by atoms with E-state index in [0.717, 1.165) is 26.6 Å². The zero-order valence-corrected chi connectivity index (χ0v) is 14.1. The van der Waals surface area contributed by atoms with E-state index in [9.17, 15) is 4.79 Å². The van der Waals surface area contributed by atoms with Crippen LogP contribution in [-0.2, 0) is 11.2 Å². The van der Waals surface area contributed by atoms with Gasteiger partial charge in [-0.1, -0.05) is 11.6 Å². The number of fused-ring (bicyclic) bond motifs is 1. The number of pyridine rings is 1.